The molecule has 1 heterocycles. The normalized spacial score (nSPS) is 17.8. The standard InChI is InChI=1S/C15H16FN3/c16-11-4-7-15(18-9-11)19-14-3-1-2-10-8-12(17)5-6-13(10)14/h4-9,14H,1-3,17H2,(H,18,19). The highest BCUT2D eigenvalue weighted by Gasteiger charge is 2.20. The van der Waals surface area contributed by atoms with Crippen molar-refractivity contribution in [3.8, 4) is 0 Å². The fraction of sp³-hybridized carbons (Fsp3) is 0.267. The van der Waals surface area contributed by atoms with Gasteiger partial charge >= 0.3 is 0 Å². The fourth-order valence-electron chi connectivity index (χ4n) is 2.62. The number of fused-ring (bicyclic) bond motifs is 1. The summed E-state index contributed by atoms with van der Waals surface area (Å²) in [6, 6.07) is 9.36. The van der Waals surface area contributed by atoms with Gasteiger partial charge in [0.2, 0.25) is 0 Å². The van der Waals surface area contributed by atoms with Gasteiger partial charge in [0.15, 0.2) is 0 Å². The summed E-state index contributed by atoms with van der Waals surface area (Å²) < 4.78 is 12.8. The minimum Gasteiger partial charge on any atom is -0.399 e. The minimum absolute atomic E-state index is 0.224. The average Bonchev–Trinajstić information content (AvgIpc) is 2.41. The lowest BCUT2D eigenvalue weighted by atomic mass is 9.87. The number of nitrogens with two attached hydrogens (primary N) is 1. The summed E-state index contributed by atoms with van der Waals surface area (Å²) in [5.74, 6) is 0.387. The Labute approximate surface area is 111 Å². The van der Waals surface area contributed by atoms with Crippen molar-refractivity contribution in [2.75, 3.05) is 11.1 Å². The molecule has 0 spiro atoms. The van der Waals surface area contributed by atoms with Gasteiger partial charge in [-0.05, 0) is 54.7 Å². The van der Waals surface area contributed by atoms with Crippen LogP contribution >= 0.6 is 0 Å². The number of nitrogen functional groups attached to an aromatic ring is 1. The van der Waals surface area contributed by atoms with E-state index in [0.29, 0.717) is 5.82 Å². The summed E-state index contributed by atoms with van der Waals surface area (Å²) >= 11 is 0. The van der Waals surface area contributed by atoms with Gasteiger partial charge in [-0.2, -0.15) is 0 Å². The van der Waals surface area contributed by atoms with Crippen molar-refractivity contribution >= 4 is 11.5 Å². The zero-order valence-electron chi connectivity index (χ0n) is 10.6. The summed E-state index contributed by atoms with van der Waals surface area (Å²) in [5.41, 5.74) is 9.19. The molecule has 3 N–H and O–H groups in total. The number of nitrogens with one attached hydrogen (secondary N) is 1. The van der Waals surface area contributed by atoms with Crippen LogP contribution in [0, 0.1) is 5.82 Å². The van der Waals surface area contributed by atoms with Gasteiger partial charge in [0.05, 0.1) is 12.2 Å². The molecule has 1 aromatic heterocycles. The second kappa shape index (κ2) is 4.88. The third-order valence-corrected chi connectivity index (χ3v) is 3.53. The molecular formula is C15H16FN3. The predicted octanol–water partition coefficient (Wildman–Crippen LogP) is 3.29. The van der Waals surface area contributed by atoms with Crippen molar-refractivity contribution in [3.05, 3.63) is 53.5 Å². The van der Waals surface area contributed by atoms with Crippen LogP contribution in [0.25, 0.3) is 0 Å². The average molecular weight is 257 g/mol. The molecule has 0 amide bonds. The highest BCUT2D eigenvalue weighted by Crippen LogP contribution is 2.33. The van der Waals surface area contributed by atoms with Gasteiger partial charge in [-0.3, -0.25) is 0 Å². The number of aryl methyl sites for hydroxylation is 1. The Morgan fingerprint density at radius 3 is 2.95 bits per heavy atom. The summed E-state index contributed by atoms with van der Waals surface area (Å²) in [7, 11) is 0. The Morgan fingerprint density at radius 1 is 1.26 bits per heavy atom. The molecular weight excluding hydrogens is 241 g/mol. The lowest BCUT2D eigenvalue weighted by Crippen LogP contribution is -2.18. The maximum atomic E-state index is 12.8. The molecule has 1 aliphatic carbocycles. The summed E-state index contributed by atoms with van der Waals surface area (Å²) in [5, 5.41) is 3.37. The Kier molecular flexibility index (Phi) is 3.07. The summed E-state index contributed by atoms with van der Waals surface area (Å²) in [6.07, 6.45) is 4.47. The molecule has 0 fully saturated rings. The van der Waals surface area contributed by atoms with Crippen LogP contribution in [0.2, 0.25) is 0 Å². The van der Waals surface area contributed by atoms with Crippen LogP contribution in [0.4, 0.5) is 15.9 Å². The molecule has 4 heteroatoms. The smallest absolute Gasteiger partial charge is 0.141 e. The maximum absolute atomic E-state index is 12.8. The Hall–Kier alpha value is -2.10. The summed E-state index contributed by atoms with van der Waals surface area (Å²) in [6.45, 7) is 0. The van der Waals surface area contributed by atoms with Gasteiger partial charge in [0.25, 0.3) is 0 Å². The largest absolute Gasteiger partial charge is 0.399 e. The zero-order valence-corrected chi connectivity index (χ0v) is 10.6. The van der Waals surface area contributed by atoms with Crippen LogP contribution in [0.15, 0.2) is 36.5 Å². The monoisotopic (exact) mass is 257 g/mol. The first kappa shape index (κ1) is 12.0. The quantitative estimate of drug-likeness (QED) is 0.812. The van der Waals surface area contributed by atoms with E-state index < -0.39 is 0 Å². The van der Waals surface area contributed by atoms with Crippen molar-refractivity contribution in [3.63, 3.8) is 0 Å². The first-order valence-corrected chi connectivity index (χ1v) is 6.49. The Bertz CT molecular complexity index is 580. The third-order valence-electron chi connectivity index (χ3n) is 3.53. The Morgan fingerprint density at radius 2 is 2.16 bits per heavy atom. The molecule has 3 rings (SSSR count). The first-order chi connectivity index (χ1) is 9.22. The molecule has 1 unspecified atom stereocenters. The van der Waals surface area contributed by atoms with E-state index in [1.165, 1.54) is 23.4 Å². The maximum Gasteiger partial charge on any atom is 0.141 e. The van der Waals surface area contributed by atoms with Gasteiger partial charge in [-0.25, -0.2) is 9.37 Å². The molecule has 0 saturated carbocycles. The van der Waals surface area contributed by atoms with Gasteiger partial charge in [0.1, 0.15) is 11.6 Å². The van der Waals surface area contributed by atoms with Crippen molar-refractivity contribution in [1.82, 2.24) is 4.98 Å². The molecule has 0 bridgehead atoms. The van der Waals surface area contributed by atoms with E-state index in [2.05, 4.69) is 16.4 Å². The predicted molar refractivity (Wildman–Crippen MR) is 74.4 cm³/mol. The third kappa shape index (κ3) is 2.52. The molecule has 2 aromatic rings. The van der Waals surface area contributed by atoms with Gasteiger partial charge in [-0.1, -0.05) is 6.07 Å². The molecule has 1 atom stereocenters. The lowest BCUT2D eigenvalue weighted by Gasteiger charge is -2.27. The van der Waals surface area contributed by atoms with E-state index in [4.69, 9.17) is 5.73 Å². The molecule has 3 nitrogen and oxygen atoms in total. The van der Waals surface area contributed by atoms with E-state index in [0.717, 1.165) is 24.9 Å². The molecule has 0 aliphatic heterocycles. The Balaban J connectivity index is 1.85. The SMILES string of the molecule is Nc1ccc2c(c1)CCCC2Nc1ccc(F)cn1. The topological polar surface area (TPSA) is 50.9 Å². The van der Waals surface area contributed by atoms with Crippen LogP contribution in [-0.4, -0.2) is 4.98 Å². The first-order valence-electron chi connectivity index (χ1n) is 6.49. The van der Waals surface area contributed by atoms with Crippen LogP contribution in [0.1, 0.15) is 30.0 Å². The van der Waals surface area contributed by atoms with Crippen LogP contribution in [0.5, 0.6) is 0 Å². The zero-order chi connectivity index (χ0) is 13.2. The highest BCUT2D eigenvalue weighted by molar-refractivity contribution is 5.49. The van der Waals surface area contributed by atoms with E-state index in [9.17, 15) is 4.39 Å². The number of anilines is 2. The van der Waals surface area contributed by atoms with E-state index in [1.54, 1.807) is 6.07 Å². The van der Waals surface area contributed by atoms with Crippen molar-refractivity contribution in [2.24, 2.45) is 0 Å². The number of benzene rings is 1. The highest BCUT2D eigenvalue weighted by atomic mass is 19.1. The van der Waals surface area contributed by atoms with Crippen LogP contribution in [0.3, 0.4) is 0 Å². The molecule has 1 aromatic carbocycles. The van der Waals surface area contributed by atoms with Crippen molar-refractivity contribution in [2.45, 2.75) is 25.3 Å². The number of halogens is 1. The second-order valence-electron chi connectivity index (χ2n) is 4.91. The number of hydrogen-bond acceptors (Lipinski definition) is 3. The summed E-state index contributed by atoms with van der Waals surface area (Å²) in [4.78, 5) is 4.05. The van der Waals surface area contributed by atoms with Gasteiger partial charge in [0, 0.05) is 5.69 Å². The van der Waals surface area contributed by atoms with Crippen molar-refractivity contribution in [1.29, 1.82) is 0 Å². The van der Waals surface area contributed by atoms with Crippen LogP contribution in [-0.2, 0) is 6.42 Å². The van der Waals surface area contributed by atoms with Crippen molar-refractivity contribution < 1.29 is 4.39 Å². The van der Waals surface area contributed by atoms with Gasteiger partial charge in [-0.15, -0.1) is 0 Å². The van der Waals surface area contributed by atoms with E-state index in [-0.39, 0.29) is 11.9 Å². The number of nitrogens with zero attached hydrogens (tertiary/aromatic N) is 1. The number of pyridine rings is 1. The fourth-order valence-corrected chi connectivity index (χ4v) is 2.62. The second-order valence-corrected chi connectivity index (χ2v) is 4.91. The van der Waals surface area contributed by atoms with E-state index >= 15 is 0 Å². The lowest BCUT2D eigenvalue weighted by molar-refractivity contribution is 0.596. The molecule has 98 valence electrons. The van der Waals surface area contributed by atoms with Crippen LogP contribution < -0.4 is 11.1 Å². The minimum atomic E-state index is -0.317. The molecule has 1 aliphatic rings. The number of rotatable bonds is 2. The number of hydrogen-bond donors (Lipinski definition) is 2. The molecule has 19 heavy (non-hydrogen) atoms. The van der Waals surface area contributed by atoms with Gasteiger partial charge < -0.3 is 11.1 Å². The molecule has 0 saturated heterocycles. The number of aromatic nitrogens is 1. The molecule has 0 radical (unpaired) electrons. The van der Waals surface area contributed by atoms with E-state index in [1.807, 2.05) is 12.1 Å².